The molecule has 20 heavy (non-hydrogen) atoms. The van der Waals surface area contributed by atoms with Crippen molar-refractivity contribution in [2.24, 2.45) is 0 Å². The van der Waals surface area contributed by atoms with Crippen molar-refractivity contribution >= 4 is 29.3 Å². The molecule has 0 spiro atoms. The number of amides is 2. The fourth-order valence-corrected chi connectivity index (χ4v) is 1.57. The van der Waals surface area contributed by atoms with E-state index in [1.807, 2.05) is 0 Å². The quantitative estimate of drug-likeness (QED) is 0.664. The summed E-state index contributed by atoms with van der Waals surface area (Å²) in [5.41, 5.74) is 0.514. The van der Waals surface area contributed by atoms with Crippen LogP contribution in [-0.2, 0) is 9.53 Å². The first-order valence-corrected chi connectivity index (χ1v) is 6.08. The maximum Gasteiger partial charge on any atom is 0.329 e. The Labute approximate surface area is 120 Å². The number of carbonyl (C=O) groups excluding carboxylic acids is 1. The van der Waals surface area contributed by atoms with Gasteiger partial charge in [0, 0.05) is 12.2 Å². The molecule has 1 aromatic rings. The van der Waals surface area contributed by atoms with E-state index in [1.54, 1.807) is 18.2 Å². The molecule has 2 amide bonds. The number of methoxy groups -OCH3 is 1. The number of carboxylic acids is 1. The van der Waals surface area contributed by atoms with Gasteiger partial charge in [0.25, 0.3) is 0 Å². The zero-order chi connectivity index (χ0) is 15.0. The number of aliphatic carboxylic acids is 1. The summed E-state index contributed by atoms with van der Waals surface area (Å²) in [5, 5.41) is 13.8. The number of halogens is 1. The van der Waals surface area contributed by atoms with Crippen LogP contribution in [0.15, 0.2) is 18.2 Å². The minimum atomic E-state index is -1.05. The lowest BCUT2D eigenvalue weighted by Crippen LogP contribution is -2.31. The average molecular weight is 303 g/mol. The Morgan fingerprint density at radius 2 is 2.15 bits per heavy atom. The van der Waals surface area contributed by atoms with Gasteiger partial charge in [0.15, 0.2) is 0 Å². The predicted molar refractivity (Wildman–Crippen MR) is 73.5 cm³/mol. The number of carboxylic acid groups (broad SMARTS) is 1. The highest BCUT2D eigenvalue weighted by atomic mass is 35.5. The van der Waals surface area contributed by atoms with Crippen molar-refractivity contribution in [3.8, 4) is 5.75 Å². The normalized spacial score (nSPS) is 9.90. The minimum absolute atomic E-state index is 0.114. The van der Waals surface area contributed by atoms with Crippen molar-refractivity contribution in [3.05, 3.63) is 23.2 Å². The molecule has 0 unspecified atom stereocenters. The van der Waals surface area contributed by atoms with Crippen molar-refractivity contribution in [3.63, 3.8) is 0 Å². The van der Waals surface area contributed by atoms with E-state index in [2.05, 4.69) is 10.6 Å². The second-order valence-electron chi connectivity index (χ2n) is 3.68. The van der Waals surface area contributed by atoms with Gasteiger partial charge in [0.1, 0.15) is 12.4 Å². The first kappa shape index (κ1) is 16.1. The summed E-state index contributed by atoms with van der Waals surface area (Å²) < 4.78 is 9.76. The molecule has 3 N–H and O–H groups in total. The number of anilines is 1. The third-order valence-electron chi connectivity index (χ3n) is 2.17. The standard InChI is InChI=1S/C12H15ClN2O5/c1-19-10-3-2-8(6-9(10)13)15-12(18)14-4-5-20-7-11(16)17/h2-3,6H,4-5,7H2,1H3,(H,16,17)(H2,14,15,18). The monoisotopic (exact) mass is 302 g/mol. The van der Waals surface area contributed by atoms with Crippen LogP contribution in [-0.4, -0.2) is 44.0 Å². The largest absolute Gasteiger partial charge is 0.495 e. The fraction of sp³-hybridized carbons (Fsp3) is 0.333. The Kier molecular flexibility index (Phi) is 6.61. The highest BCUT2D eigenvalue weighted by molar-refractivity contribution is 6.32. The maximum atomic E-state index is 11.5. The van der Waals surface area contributed by atoms with E-state index in [0.29, 0.717) is 16.5 Å². The molecule has 0 saturated carbocycles. The zero-order valence-electron chi connectivity index (χ0n) is 10.8. The molecule has 1 rings (SSSR count). The number of rotatable bonds is 7. The number of hydrogen-bond acceptors (Lipinski definition) is 4. The molecule has 110 valence electrons. The van der Waals surface area contributed by atoms with Crippen molar-refractivity contribution in [2.75, 3.05) is 32.2 Å². The Balaban J connectivity index is 2.31. The first-order valence-electron chi connectivity index (χ1n) is 5.71. The van der Waals surface area contributed by atoms with Crippen molar-refractivity contribution < 1.29 is 24.2 Å². The molecule has 8 heteroatoms. The van der Waals surface area contributed by atoms with Gasteiger partial charge >= 0.3 is 12.0 Å². The smallest absolute Gasteiger partial charge is 0.329 e. The number of ether oxygens (including phenoxy) is 2. The van der Waals surface area contributed by atoms with Crippen LogP contribution < -0.4 is 15.4 Å². The van der Waals surface area contributed by atoms with Gasteiger partial charge in [-0.3, -0.25) is 0 Å². The van der Waals surface area contributed by atoms with Crippen LogP contribution >= 0.6 is 11.6 Å². The van der Waals surface area contributed by atoms with Crippen LogP contribution in [0.4, 0.5) is 10.5 Å². The summed E-state index contributed by atoms with van der Waals surface area (Å²) in [6, 6.07) is 4.39. The number of benzene rings is 1. The summed E-state index contributed by atoms with van der Waals surface area (Å²) in [7, 11) is 1.50. The number of hydrogen-bond donors (Lipinski definition) is 3. The summed E-state index contributed by atoms with van der Waals surface area (Å²) in [6.07, 6.45) is 0. The Hall–Kier alpha value is -1.99. The van der Waals surface area contributed by atoms with Crippen molar-refractivity contribution in [2.45, 2.75) is 0 Å². The molecule has 0 bridgehead atoms. The SMILES string of the molecule is COc1ccc(NC(=O)NCCOCC(=O)O)cc1Cl. The molecule has 0 aliphatic heterocycles. The lowest BCUT2D eigenvalue weighted by atomic mass is 10.3. The lowest BCUT2D eigenvalue weighted by Gasteiger charge is -2.09. The highest BCUT2D eigenvalue weighted by Gasteiger charge is 2.05. The van der Waals surface area contributed by atoms with E-state index in [1.165, 1.54) is 7.11 Å². The van der Waals surface area contributed by atoms with E-state index in [4.69, 9.17) is 26.2 Å². The summed E-state index contributed by atoms with van der Waals surface area (Å²) in [4.78, 5) is 21.7. The van der Waals surface area contributed by atoms with Gasteiger partial charge in [-0.05, 0) is 18.2 Å². The Morgan fingerprint density at radius 3 is 2.75 bits per heavy atom. The zero-order valence-corrected chi connectivity index (χ0v) is 11.6. The third kappa shape index (κ3) is 5.77. The van der Waals surface area contributed by atoms with E-state index in [-0.39, 0.29) is 13.2 Å². The molecule has 0 aliphatic rings. The van der Waals surface area contributed by atoms with Crippen molar-refractivity contribution in [1.29, 1.82) is 0 Å². The van der Waals surface area contributed by atoms with Gasteiger partial charge in [-0.15, -0.1) is 0 Å². The van der Waals surface area contributed by atoms with E-state index >= 15 is 0 Å². The van der Waals surface area contributed by atoms with E-state index in [0.717, 1.165) is 0 Å². The predicted octanol–water partition coefficient (Wildman–Crippen LogP) is 1.57. The molecule has 1 aromatic carbocycles. The molecule has 0 aliphatic carbocycles. The number of nitrogens with one attached hydrogen (secondary N) is 2. The minimum Gasteiger partial charge on any atom is -0.495 e. The van der Waals surface area contributed by atoms with Crippen LogP contribution in [0.25, 0.3) is 0 Å². The number of carbonyl (C=O) groups is 2. The van der Waals surface area contributed by atoms with Crippen LogP contribution in [0.5, 0.6) is 5.75 Å². The molecule has 0 heterocycles. The summed E-state index contributed by atoms with van der Waals surface area (Å²) in [5.74, 6) is -0.540. The maximum absolute atomic E-state index is 11.5. The Bertz CT molecular complexity index is 481. The molecule has 7 nitrogen and oxygen atoms in total. The highest BCUT2D eigenvalue weighted by Crippen LogP contribution is 2.26. The summed E-state index contributed by atoms with van der Waals surface area (Å²) >= 11 is 5.92. The molecular formula is C12H15ClN2O5. The van der Waals surface area contributed by atoms with Crippen LogP contribution in [0, 0.1) is 0 Å². The average Bonchev–Trinajstić information content (AvgIpc) is 2.38. The first-order chi connectivity index (χ1) is 9.52. The molecule has 0 radical (unpaired) electrons. The molecule has 0 saturated heterocycles. The van der Waals surface area contributed by atoms with Gasteiger partial charge in [0.05, 0.1) is 18.7 Å². The van der Waals surface area contributed by atoms with E-state index < -0.39 is 18.6 Å². The van der Waals surface area contributed by atoms with Gasteiger partial charge in [-0.2, -0.15) is 0 Å². The van der Waals surface area contributed by atoms with Gasteiger partial charge < -0.3 is 25.2 Å². The second kappa shape index (κ2) is 8.23. The third-order valence-corrected chi connectivity index (χ3v) is 2.46. The number of urea groups is 1. The van der Waals surface area contributed by atoms with E-state index in [9.17, 15) is 9.59 Å². The van der Waals surface area contributed by atoms with Crippen molar-refractivity contribution in [1.82, 2.24) is 5.32 Å². The molecule has 0 aromatic heterocycles. The topological polar surface area (TPSA) is 96.9 Å². The Morgan fingerprint density at radius 1 is 1.40 bits per heavy atom. The molecular weight excluding hydrogens is 288 g/mol. The summed E-state index contributed by atoms with van der Waals surface area (Å²) in [6.45, 7) is -0.0799. The van der Waals surface area contributed by atoms with Gasteiger partial charge in [0.2, 0.25) is 0 Å². The van der Waals surface area contributed by atoms with Crippen LogP contribution in [0.3, 0.4) is 0 Å². The van der Waals surface area contributed by atoms with Crippen LogP contribution in [0.2, 0.25) is 5.02 Å². The van der Waals surface area contributed by atoms with Gasteiger partial charge in [-0.25, -0.2) is 9.59 Å². The van der Waals surface area contributed by atoms with Crippen LogP contribution in [0.1, 0.15) is 0 Å². The fourth-order valence-electron chi connectivity index (χ4n) is 1.32. The lowest BCUT2D eigenvalue weighted by molar-refractivity contribution is -0.142. The van der Waals surface area contributed by atoms with Gasteiger partial charge in [-0.1, -0.05) is 11.6 Å². The molecule has 0 atom stereocenters. The molecule has 0 fully saturated rings. The second-order valence-corrected chi connectivity index (χ2v) is 4.08.